The molecule has 5 nitrogen and oxygen atoms in total. The second kappa shape index (κ2) is 11.4. The molecule has 2 heterocycles. The third-order valence-electron chi connectivity index (χ3n) is 9.77. The smallest absolute Gasteiger partial charge is 0.228 e. The van der Waals surface area contributed by atoms with Gasteiger partial charge >= 0.3 is 0 Å². The third kappa shape index (κ3) is 5.28. The number of allylic oxidation sites excluding steroid dienone is 3. The van der Waals surface area contributed by atoms with E-state index in [-0.39, 0.29) is 11.8 Å². The number of amides is 1. The molecule has 2 aromatic carbocycles. The maximum Gasteiger partial charge on any atom is 0.228 e. The summed E-state index contributed by atoms with van der Waals surface area (Å²) in [5, 5.41) is 2.98. The minimum atomic E-state index is -0.0350. The Balaban J connectivity index is 1.14. The van der Waals surface area contributed by atoms with Crippen LogP contribution < -0.4 is 10.1 Å². The number of fused-ring (bicyclic) bond motifs is 1. The lowest BCUT2D eigenvalue weighted by Crippen LogP contribution is -2.42. The number of hydrogen-bond acceptors (Lipinski definition) is 4. The van der Waals surface area contributed by atoms with Gasteiger partial charge in [0.15, 0.2) is 5.75 Å². The number of Topliss-reactive ketones (excluding diaryl/α,β-unsaturated/α-hetero) is 1. The zero-order chi connectivity index (χ0) is 27.8. The molecular weight excluding hydrogens is 496 g/mol. The van der Waals surface area contributed by atoms with Gasteiger partial charge in [0.2, 0.25) is 5.91 Å². The van der Waals surface area contributed by atoms with Crippen LogP contribution >= 0.6 is 0 Å². The lowest BCUT2D eigenvalue weighted by atomic mass is 9.81. The highest BCUT2D eigenvalue weighted by atomic mass is 16.5. The molecule has 1 saturated carbocycles. The molecule has 2 aliphatic heterocycles. The molecule has 0 bridgehead atoms. The van der Waals surface area contributed by atoms with Crippen molar-refractivity contribution in [2.24, 2.45) is 17.8 Å². The zero-order valence-electron chi connectivity index (χ0n) is 24.1. The molecule has 1 saturated heterocycles. The number of likely N-dealkylation sites (tertiary alicyclic amines) is 1. The summed E-state index contributed by atoms with van der Waals surface area (Å²) in [5.74, 6) is 2.82. The second-order valence-electron chi connectivity index (χ2n) is 12.3. The number of nitrogens with zero attached hydrogens (tertiary/aromatic N) is 1. The van der Waals surface area contributed by atoms with Crippen LogP contribution in [0, 0.1) is 17.8 Å². The normalized spacial score (nSPS) is 26.0. The van der Waals surface area contributed by atoms with Gasteiger partial charge in [0.05, 0.1) is 18.7 Å². The van der Waals surface area contributed by atoms with Crippen LogP contribution in [0.2, 0.25) is 0 Å². The summed E-state index contributed by atoms with van der Waals surface area (Å²) in [6, 6.07) is 13.0. The summed E-state index contributed by atoms with van der Waals surface area (Å²) >= 11 is 0. The first kappa shape index (κ1) is 27.0. The highest BCUT2D eigenvalue weighted by Gasteiger charge is 2.39. The maximum atomic E-state index is 13.3. The van der Waals surface area contributed by atoms with E-state index in [0.717, 1.165) is 53.2 Å². The summed E-state index contributed by atoms with van der Waals surface area (Å²) in [6.07, 6.45) is 12.4. The molecule has 0 aromatic heterocycles. The van der Waals surface area contributed by atoms with Crippen LogP contribution in [0.3, 0.4) is 0 Å². The number of carbonyl (C=O) groups is 2. The van der Waals surface area contributed by atoms with Crippen molar-refractivity contribution >= 4 is 17.4 Å². The van der Waals surface area contributed by atoms with E-state index in [1.165, 1.54) is 19.3 Å². The first-order valence-electron chi connectivity index (χ1n) is 15.2. The fourth-order valence-electron chi connectivity index (χ4n) is 7.51. The fraction of sp³-hybridized carbons (Fsp3) is 0.486. The quantitative estimate of drug-likeness (QED) is 0.415. The second-order valence-corrected chi connectivity index (χ2v) is 12.3. The van der Waals surface area contributed by atoms with Gasteiger partial charge in [-0.25, -0.2) is 0 Å². The number of rotatable bonds is 7. The Morgan fingerprint density at radius 2 is 1.90 bits per heavy atom. The van der Waals surface area contributed by atoms with Gasteiger partial charge in [-0.3, -0.25) is 14.5 Å². The van der Waals surface area contributed by atoms with Gasteiger partial charge in [-0.2, -0.15) is 0 Å². The Hall–Kier alpha value is -3.18. The molecule has 5 heteroatoms. The minimum absolute atomic E-state index is 0.00238. The van der Waals surface area contributed by atoms with Crippen molar-refractivity contribution in [3.05, 3.63) is 71.3 Å². The van der Waals surface area contributed by atoms with Crippen LogP contribution in [0.4, 0.5) is 5.69 Å². The molecule has 2 aromatic rings. The Labute approximate surface area is 238 Å². The van der Waals surface area contributed by atoms with Crippen molar-refractivity contribution in [3.63, 3.8) is 0 Å². The van der Waals surface area contributed by atoms with Crippen LogP contribution in [0.5, 0.6) is 5.75 Å². The molecular formula is C35H42N2O3. The van der Waals surface area contributed by atoms with Gasteiger partial charge in [0.1, 0.15) is 5.78 Å². The number of ether oxygens (including phenoxy) is 1. The average Bonchev–Trinajstić information content (AvgIpc) is 3.55. The summed E-state index contributed by atoms with van der Waals surface area (Å²) in [7, 11) is 0. The molecule has 1 amide bonds. The Morgan fingerprint density at radius 1 is 1.07 bits per heavy atom. The summed E-state index contributed by atoms with van der Waals surface area (Å²) in [4.78, 5) is 28.1. The topological polar surface area (TPSA) is 58.6 Å². The van der Waals surface area contributed by atoms with Gasteiger partial charge < -0.3 is 10.1 Å². The third-order valence-corrected chi connectivity index (χ3v) is 9.77. The fourth-order valence-corrected chi connectivity index (χ4v) is 7.51. The molecule has 40 heavy (non-hydrogen) atoms. The van der Waals surface area contributed by atoms with Crippen LogP contribution in [0.25, 0.3) is 11.1 Å². The number of carbonyl (C=O) groups excluding carboxylic acids is 2. The summed E-state index contributed by atoms with van der Waals surface area (Å²) < 4.78 is 6.04. The molecule has 2 fully saturated rings. The molecule has 4 unspecified atom stereocenters. The van der Waals surface area contributed by atoms with Crippen molar-refractivity contribution < 1.29 is 14.3 Å². The highest BCUT2D eigenvalue weighted by Crippen LogP contribution is 2.45. The van der Waals surface area contributed by atoms with E-state index in [0.29, 0.717) is 49.0 Å². The number of anilines is 1. The Bertz CT molecular complexity index is 1350. The standard InChI is InChI=1S/C35H42N2O3/c1-4-40-35-30(12-11-28-21-33(39)36-34(28)35)26-9-6-10-27(18-26)31-19-29(20-32(31)38)24-13-15-37(16-14-24)23(3)25-8-5-7-22(2)17-25/h5-12,18,22-24,29,31H,4,13-17,19-21H2,1-3H3,(H,36,39). The number of piperidine rings is 1. The zero-order valence-corrected chi connectivity index (χ0v) is 24.1. The van der Waals surface area contributed by atoms with Gasteiger partial charge in [-0.15, -0.1) is 0 Å². The predicted molar refractivity (Wildman–Crippen MR) is 161 cm³/mol. The Kier molecular flexibility index (Phi) is 7.67. The predicted octanol–water partition coefficient (Wildman–Crippen LogP) is 6.93. The van der Waals surface area contributed by atoms with Crippen molar-refractivity contribution in [3.8, 4) is 16.9 Å². The monoisotopic (exact) mass is 538 g/mol. The molecule has 2 aliphatic carbocycles. The number of benzene rings is 2. The van der Waals surface area contributed by atoms with Gasteiger partial charge in [-0.1, -0.05) is 67.1 Å². The number of nitrogens with one attached hydrogen (secondary N) is 1. The van der Waals surface area contributed by atoms with Gasteiger partial charge in [0.25, 0.3) is 0 Å². The lowest BCUT2D eigenvalue weighted by Gasteiger charge is -2.39. The molecule has 6 rings (SSSR count). The minimum Gasteiger partial charge on any atom is -0.491 e. The molecule has 0 radical (unpaired) electrons. The van der Waals surface area contributed by atoms with E-state index in [4.69, 9.17) is 4.74 Å². The molecule has 210 valence electrons. The van der Waals surface area contributed by atoms with Gasteiger partial charge in [-0.05, 0) is 87.1 Å². The average molecular weight is 539 g/mol. The molecule has 0 spiro atoms. The van der Waals surface area contributed by atoms with Crippen molar-refractivity contribution in [1.82, 2.24) is 4.90 Å². The van der Waals surface area contributed by atoms with Crippen LogP contribution in [0.15, 0.2) is 60.2 Å². The van der Waals surface area contributed by atoms with E-state index < -0.39 is 0 Å². The number of ketones is 1. The van der Waals surface area contributed by atoms with Crippen LogP contribution in [-0.4, -0.2) is 42.3 Å². The highest BCUT2D eigenvalue weighted by molar-refractivity contribution is 6.03. The lowest BCUT2D eigenvalue weighted by molar-refractivity contribution is -0.119. The van der Waals surface area contributed by atoms with E-state index >= 15 is 0 Å². The maximum absolute atomic E-state index is 13.3. The van der Waals surface area contributed by atoms with Crippen molar-refractivity contribution in [1.29, 1.82) is 0 Å². The van der Waals surface area contributed by atoms with E-state index in [9.17, 15) is 9.59 Å². The van der Waals surface area contributed by atoms with E-state index in [1.807, 2.05) is 13.0 Å². The van der Waals surface area contributed by atoms with Crippen LogP contribution in [-0.2, 0) is 16.0 Å². The largest absolute Gasteiger partial charge is 0.491 e. The summed E-state index contributed by atoms with van der Waals surface area (Å²) in [6.45, 7) is 9.40. The first-order valence-corrected chi connectivity index (χ1v) is 15.2. The van der Waals surface area contributed by atoms with Gasteiger partial charge in [0, 0.05) is 23.9 Å². The van der Waals surface area contributed by atoms with E-state index in [1.54, 1.807) is 5.57 Å². The van der Waals surface area contributed by atoms with E-state index in [2.05, 4.69) is 72.6 Å². The first-order chi connectivity index (χ1) is 19.4. The van der Waals surface area contributed by atoms with Crippen molar-refractivity contribution in [2.45, 2.75) is 71.3 Å². The summed E-state index contributed by atoms with van der Waals surface area (Å²) in [5.41, 5.74) is 6.43. The van der Waals surface area contributed by atoms with Crippen LogP contribution in [0.1, 0.15) is 69.9 Å². The molecule has 1 N–H and O–H groups in total. The SMILES string of the molecule is CCOc1c(-c2cccc(C3CC(C4CCN(C(C)C5=CC=CC(C)C5)CC4)CC3=O)c2)ccc2c1NC(=O)C2. The molecule has 4 atom stereocenters. The number of hydrogen-bond donors (Lipinski definition) is 1. The Morgan fingerprint density at radius 3 is 2.67 bits per heavy atom. The molecule has 4 aliphatic rings. The van der Waals surface area contributed by atoms with Crippen molar-refractivity contribution in [2.75, 3.05) is 25.0 Å².